The van der Waals surface area contributed by atoms with E-state index in [2.05, 4.69) is 5.32 Å². The summed E-state index contributed by atoms with van der Waals surface area (Å²) in [6, 6.07) is 10.8. The molecule has 0 radical (unpaired) electrons. The average Bonchev–Trinajstić information content (AvgIpc) is 2.58. The summed E-state index contributed by atoms with van der Waals surface area (Å²) in [5, 5.41) is 21.3. The third-order valence-corrected chi connectivity index (χ3v) is 4.27. The molecule has 0 amide bonds. The van der Waals surface area contributed by atoms with Crippen LogP contribution < -0.4 is 10.2 Å². The predicted molar refractivity (Wildman–Crippen MR) is 108 cm³/mol. The first-order valence-corrected chi connectivity index (χ1v) is 8.52. The van der Waals surface area contributed by atoms with Gasteiger partial charge in [-0.15, -0.1) is 0 Å². The van der Waals surface area contributed by atoms with Crippen molar-refractivity contribution in [2.45, 2.75) is 6.54 Å². The van der Waals surface area contributed by atoms with Crippen molar-refractivity contribution < 1.29 is 9.90 Å². The average molecular weight is 392 g/mol. The molecule has 5 nitrogen and oxygen atoms in total. The van der Waals surface area contributed by atoms with Crippen LogP contribution in [0.1, 0.15) is 11.1 Å². The van der Waals surface area contributed by atoms with E-state index in [9.17, 15) is 4.79 Å². The summed E-state index contributed by atoms with van der Waals surface area (Å²) < 4.78 is 0. The fourth-order valence-corrected chi connectivity index (χ4v) is 2.77. The van der Waals surface area contributed by atoms with Crippen LogP contribution in [0.2, 0.25) is 10.0 Å². The fourth-order valence-electron chi connectivity index (χ4n) is 2.29. The molecule has 0 spiro atoms. The summed E-state index contributed by atoms with van der Waals surface area (Å²) in [5.41, 5.74) is 3.22. The van der Waals surface area contributed by atoms with Crippen LogP contribution in [0.15, 0.2) is 48.6 Å². The second-order valence-corrected chi connectivity index (χ2v) is 6.64. The largest absolute Gasteiger partial charge is 0.478 e. The highest BCUT2D eigenvalue weighted by Gasteiger charge is 2.10. The van der Waals surface area contributed by atoms with Crippen LogP contribution in [0.4, 0.5) is 11.4 Å². The number of carboxylic acids is 1. The van der Waals surface area contributed by atoms with Gasteiger partial charge in [0.05, 0.1) is 5.71 Å². The van der Waals surface area contributed by atoms with Gasteiger partial charge >= 0.3 is 5.97 Å². The van der Waals surface area contributed by atoms with E-state index in [1.165, 1.54) is 6.08 Å². The summed E-state index contributed by atoms with van der Waals surface area (Å²) in [4.78, 5) is 12.7. The lowest BCUT2D eigenvalue weighted by Gasteiger charge is -2.18. The van der Waals surface area contributed by atoms with E-state index in [-0.39, 0.29) is 5.71 Å². The van der Waals surface area contributed by atoms with Gasteiger partial charge < -0.3 is 20.7 Å². The van der Waals surface area contributed by atoms with Crippen LogP contribution >= 0.6 is 23.2 Å². The number of nitrogens with zero attached hydrogens (tertiary/aromatic N) is 1. The second kappa shape index (κ2) is 8.74. The van der Waals surface area contributed by atoms with Gasteiger partial charge in [-0.05, 0) is 42.0 Å². The minimum absolute atomic E-state index is 0.0995. The molecule has 2 aromatic carbocycles. The SMILES string of the molecule is CN(C)c1ccc(C(=N)/C=C/C(=O)O)c(NCc2ccc(Cl)cc2Cl)c1. The molecule has 0 aliphatic heterocycles. The summed E-state index contributed by atoms with van der Waals surface area (Å²) in [5.74, 6) is -1.10. The van der Waals surface area contributed by atoms with E-state index in [0.717, 1.165) is 17.3 Å². The number of allylic oxidation sites excluding steroid dienone is 1. The number of hydrogen-bond acceptors (Lipinski definition) is 4. The Morgan fingerprint density at radius 2 is 1.92 bits per heavy atom. The number of nitrogens with one attached hydrogen (secondary N) is 2. The summed E-state index contributed by atoms with van der Waals surface area (Å²) in [6.45, 7) is 0.440. The van der Waals surface area contributed by atoms with Gasteiger partial charge in [0.1, 0.15) is 0 Å². The highest BCUT2D eigenvalue weighted by Crippen LogP contribution is 2.26. The van der Waals surface area contributed by atoms with Crippen molar-refractivity contribution in [2.75, 3.05) is 24.3 Å². The van der Waals surface area contributed by atoms with Crippen LogP contribution in [0, 0.1) is 5.41 Å². The molecule has 0 fully saturated rings. The minimum Gasteiger partial charge on any atom is -0.478 e. The van der Waals surface area contributed by atoms with Crippen molar-refractivity contribution in [2.24, 2.45) is 0 Å². The van der Waals surface area contributed by atoms with E-state index >= 15 is 0 Å². The number of rotatable bonds is 7. The molecule has 0 unspecified atom stereocenters. The van der Waals surface area contributed by atoms with Crippen molar-refractivity contribution in [3.8, 4) is 0 Å². The first-order valence-electron chi connectivity index (χ1n) is 7.77. The molecular formula is C19H19Cl2N3O2. The number of halogens is 2. The molecule has 3 N–H and O–H groups in total. The lowest BCUT2D eigenvalue weighted by Crippen LogP contribution is -2.11. The fraction of sp³-hybridized carbons (Fsp3) is 0.158. The van der Waals surface area contributed by atoms with Crippen molar-refractivity contribution >= 4 is 46.3 Å². The van der Waals surface area contributed by atoms with Gasteiger partial charge in [-0.1, -0.05) is 29.3 Å². The zero-order valence-corrected chi connectivity index (χ0v) is 15.9. The number of aliphatic carboxylic acids is 1. The van der Waals surface area contributed by atoms with Gasteiger partial charge in [-0.25, -0.2) is 4.79 Å². The first kappa shape index (κ1) is 19.8. The van der Waals surface area contributed by atoms with Gasteiger partial charge in [-0.3, -0.25) is 0 Å². The molecule has 26 heavy (non-hydrogen) atoms. The third kappa shape index (κ3) is 5.25. The standard InChI is InChI=1S/C19H19Cl2N3O2/c1-24(2)14-5-6-15(17(22)7-8-19(25)26)18(10-14)23-11-12-3-4-13(20)9-16(12)21/h3-10,22-23H,11H2,1-2H3,(H,25,26)/b8-7+,22-17?. The highest BCUT2D eigenvalue weighted by atomic mass is 35.5. The number of carbonyl (C=O) groups is 1. The number of hydrogen-bond donors (Lipinski definition) is 3. The van der Waals surface area contributed by atoms with Crippen LogP contribution in [0.25, 0.3) is 0 Å². The maximum atomic E-state index is 10.7. The molecule has 0 aliphatic carbocycles. The summed E-state index contributed by atoms with van der Waals surface area (Å²) in [7, 11) is 3.84. The molecule has 136 valence electrons. The maximum Gasteiger partial charge on any atom is 0.328 e. The molecule has 0 bridgehead atoms. The molecule has 0 aliphatic rings. The van der Waals surface area contributed by atoms with Gasteiger partial charge in [0.2, 0.25) is 0 Å². The summed E-state index contributed by atoms with van der Waals surface area (Å²) >= 11 is 12.1. The van der Waals surface area contributed by atoms with Crippen molar-refractivity contribution in [3.63, 3.8) is 0 Å². The van der Waals surface area contributed by atoms with E-state index in [0.29, 0.717) is 27.8 Å². The number of carboxylic acid groups (broad SMARTS) is 1. The Morgan fingerprint density at radius 3 is 2.54 bits per heavy atom. The van der Waals surface area contributed by atoms with Crippen molar-refractivity contribution in [1.29, 1.82) is 5.41 Å². The quantitative estimate of drug-likeness (QED) is 0.472. The number of anilines is 2. The Morgan fingerprint density at radius 1 is 1.19 bits per heavy atom. The molecule has 0 aromatic heterocycles. The normalized spacial score (nSPS) is 10.8. The van der Waals surface area contributed by atoms with Crippen molar-refractivity contribution in [3.05, 3.63) is 69.7 Å². The van der Waals surface area contributed by atoms with Gasteiger partial charge in [-0.2, -0.15) is 0 Å². The summed E-state index contributed by atoms with van der Waals surface area (Å²) in [6.07, 6.45) is 2.20. The lowest BCUT2D eigenvalue weighted by atomic mass is 10.1. The smallest absolute Gasteiger partial charge is 0.328 e. The van der Waals surface area contributed by atoms with Gasteiger partial charge in [0, 0.05) is 53.7 Å². The maximum absolute atomic E-state index is 10.7. The molecule has 2 rings (SSSR count). The second-order valence-electron chi connectivity index (χ2n) is 5.80. The van der Waals surface area contributed by atoms with E-state index in [4.69, 9.17) is 33.7 Å². The zero-order valence-electron chi connectivity index (χ0n) is 14.4. The van der Waals surface area contributed by atoms with Crippen LogP contribution in [-0.2, 0) is 11.3 Å². The molecule has 2 aromatic rings. The van der Waals surface area contributed by atoms with E-state index in [1.807, 2.05) is 37.2 Å². The van der Waals surface area contributed by atoms with E-state index < -0.39 is 5.97 Å². The predicted octanol–water partition coefficient (Wildman–Crippen LogP) is 4.68. The Hall–Kier alpha value is -2.50. The van der Waals surface area contributed by atoms with Crippen LogP contribution in [0.3, 0.4) is 0 Å². The lowest BCUT2D eigenvalue weighted by molar-refractivity contribution is -0.131. The highest BCUT2D eigenvalue weighted by molar-refractivity contribution is 6.35. The Balaban J connectivity index is 2.32. The molecule has 0 saturated heterocycles. The zero-order chi connectivity index (χ0) is 19.3. The minimum atomic E-state index is -1.10. The topological polar surface area (TPSA) is 76.4 Å². The Bertz CT molecular complexity index is 864. The van der Waals surface area contributed by atoms with Gasteiger partial charge in [0.15, 0.2) is 0 Å². The molecular weight excluding hydrogens is 373 g/mol. The van der Waals surface area contributed by atoms with Crippen molar-refractivity contribution in [1.82, 2.24) is 0 Å². The Kier molecular flexibility index (Phi) is 6.66. The van der Waals surface area contributed by atoms with E-state index in [1.54, 1.807) is 18.2 Å². The van der Waals surface area contributed by atoms with Gasteiger partial charge in [0.25, 0.3) is 0 Å². The molecule has 7 heteroatoms. The molecule has 0 atom stereocenters. The molecule has 0 saturated carbocycles. The first-order chi connectivity index (χ1) is 12.3. The molecule has 0 heterocycles. The number of benzene rings is 2. The Labute approximate surface area is 162 Å². The van der Waals surface area contributed by atoms with Crippen LogP contribution in [-0.4, -0.2) is 30.9 Å². The third-order valence-electron chi connectivity index (χ3n) is 3.69. The monoisotopic (exact) mass is 391 g/mol. The van der Waals surface area contributed by atoms with Crippen LogP contribution in [0.5, 0.6) is 0 Å².